The van der Waals surface area contributed by atoms with E-state index in [-0.39, 0.29) is 30.0 Å². The molecule has 26 heavy (non-hydrogen) atoms. The molecule has 1 aliphatic heterocycles. The average molecular weight is 446 g/mol. The summed E-state index contributed by atoms with van der Waals surface area (Å²) in [5.74, 6) is -1.54. The molecule has 1 heterocycles. The number of hydrogen-bond acceptors (Lipinski definition) is 5. The van der Waals surface area contributed by atoms with Crippen molar-refractivity contribution in [1.29, 1.82) is 0 Å². The van der Waals surface area contributed by atoms with E-state index >= 15 is 0 Å². The highest BCUT2D eigenvalue weighted by atomic mass is 79.9. The predicted molar refractivity (Wildman–Crippen MR) is 99.2 cm³/mol. The van der Waals surface area contributed by atoms with Crippen LogP contribution in [0.5, 0.6) is 0 Å². The van der Waals surface area contributed by atoms with Crippen molar-refractivity contribution in [3.05, 3.63) is 33.8 Å². The molecule has 0 aliphatic carbocycles. The molecule has 0 saturated heterocycles. The maximum Gasteiger partial charge on any atom is 0.262 e. The fraction of sp³-hybridized carbons (Fsp3) is 0.438. The van der Waals surface area contributed by atoms with E-state index in [1.807, 2.05) is 6.92 Å². The van der Waals surface area contributed by atoms with Gasteiger partial charge in [0.25, 0.3) is 11.8 Å². The third-order valence-electron chi connectivity index (χ3n) is 3.77. The van der Waals surface area contributed by atoms with Gasteiger partial charge in [-0.2, -0.15) is 0 Å². The summed E-state index contributed by atoms with van der Waals surface area (Å²) in [6, 6.07) is 4.72. The maximum absolute atomic E-state index is 12.3. The van der Waals surface area contributed by atoms with Crippen molar-refractivity contribution < 1.29 is 22.8 Å². The summed E-state index contributed by atoms with van der Waals surface area (Å²) in [7, 11) is -3.35. The van der Waals surface area contributed by atoms with Gasteiger partial charge >= 0.3 is 0 Å². The quantitative estimate of drug-likeness (QED) is 0.432. The van der Waals surface area contributed by atoms with Gasteiger partial charge in [-0.05, 0) is 24.6 Å². The van der Waals surface area contributed by atoms with E-state index in [2.05, 4.69) is 26.0 Å². The summed E-state index contributed by atoms with van der Waals surface area (Å²) in [4.78, 5) is 37.3. The first-order valence-corrected chi connectivity index (χ1v) is 10.6. The number of benzene rings is 1. The zero-order chi connectivity index (χ0) is 19.3. The monoisotopic (exact) mass is 445 g/mol. The lowest BCUT2D eigenvalue weighted by atomic mass is 10.1. The number of sulfonamides is 1. The van der Waals surface area contributed by atoms with Gasteiger partial charge in [-0.25, -0.2) is 13.1 Å². The minimum absolute atomic E-state index is 0.0437. The van der Waals surface area contributed by atoms with E-state index in [1.165, 1.54) is 6.07 Å². The molecule has 3 amide bonds. The topological polar surface area (TPSA) is 113 Å². The van der Waals surface area contributed by atoms with Gasteiger partial charge in [-0.1, -0.05) is 29.3 Å². The molecule has 0 aromatic heterocycles. The standard InChI is InChI=1S/C16H20BrN3O5S/c1-2-3-8-26(24,25)19-7-6-18-14(21)10-20-15(22)12-5-4-11(17)9-13(12)16(20)23/h4-5,9,19H,2-3,6-8,10H2,1H3,(H,18,21). The fourth-order valence-electron chi connectivity index (χ4n) is 2.42. The molecule has 142 valence electrons. The third-order valence-corrected chi connectivity index (χ3v) is 5.73. The number of imide groups is 1. The van der Waals surface area contributed by atoms with Crippen LogP contribution in [0.4, 0.5) is 0 Å². The van der Waals surface area contributed by atoms with Gasteiger partial charge in [-0.15, -0.1) is 0 Å². The summed E-state index contributed by atoms with van der Waals surface area (Å²) >= 11 is 3.24. The molecule has 1 aliphatic rings. The molecule has 1 aromatic rings. The number of unbranched alkanes of at least 4 members (excludes halogenated alkanes) is 1. The highest BCUT2D eigenvalue weighted by molar-refractivity contribution is 9.10. The smallest absolute Gasteiger partial charge is 0.262 e. The Labute approximate surface area is 160 Å². The highest BCUT2D eigenvalue weighted by Crippen LogP contribution is 2.25. The van der Waals surface area contributed by atoms with Gasteiger partial charge < -0.3 is 5.32 Å². The van der Waals surface area contributed by atoms with Crippen LogP contribution < -0.4 is 10.0 Å². The van der Waals surface area contributed by atoms with Gasteiger partial charge in [0.1, 0.15) is 6.54 Å². The first kappa shape index (κ1) is 20.5. The Balaban J connectivity index is 1.82. The van der Waals surface area contributed by atoms with Crippen LogP contribution >= 0.6 is 15.9 Å². The summed E-state index contributed by atoms with van der Waals surface area (Å²) in [6.07, 6.45) is 1.34. The Hall–Kier alpha value is -1.78. The lowest BCUT2D eigenvalue weighted by molar-refractivity contribution is -0.121. The molecule has 1 aromatic carbocycles. The number of nitrogens with one attached hydrogen (secondary N) is 2. The molecule has 0 bridgehead atoms. The highest BCUT2D eigenvalue weighted by Gasteiger charge is 2.36. The van der Waals surface area contributed by atoms with Crippen molar-refractivity contribution >= 4 is 43.7 Å². The van der Waals surface area contributed by atoms with Gasteiger partial charge in [0, 0.05) is 17.6 Å². The second kappa shape index (κ2) is 8.74. The molecule has 2 N–H and O–H groups in total. The van der Waals surface area contributed by atoms with Crippen molar-refractivity contribution in [1.82, 2.24) is 14.9 Å². The predicted octanol–water partition coefficient (Wildman–Crippen LogP) is 0.881. The first-order valence-electron chi connectivity index (χ1n) is 8.15. The SMILES string of the molecule is CCCCS(=O)(=O)NCCNC(=O)CN1C(=O)c2ccc(Br)cc2C1=O. The molecular formula is C16H20BrN3O5S. The summed E-state index contributed by atoms with van der Waals surface area (Å²) in [6.45, 7) is 1.60. The number of hydrogen-bond donors (Lipinski definition) is 2. The molecule has 8 nitrogen and oxygen atoms in total. The van der Waals surface area contributed by atoms with Gasteiger partial charge in [0.05, 0.1) is 16.9 Å². The minimum Gasteiger partial charge on any atom is -0.353 e. The normalized spacial score (nSPS) is 13.8. The minimum atomic E-state index is -3.35. The van der Waals surface area contributed by atoms with Crippen molar-refractivity contribution in [2.75, 3.05) is 25.4 Å². The van der Waals surface area contributed by atoms with Crippen LogP contribution in [0, 0.1) is 0 Å². The second-order valence-corrected chi connectivity index (χ2v) is 8.65. The van der Waals surface area contributed by atoms with E-state index in [4.69, 9.17) is 0 Å². The van der Waals surface area contributed by atoms with E-state index < -0.39 is 34.3 Å². The molecule has 0 fully saturated rings. The number of halogens is 1. The van der Waals surface area contributed by atoms with Crippen molar-refractivity contribution in [2.24, 2.45) is 0 Å². The molecule has 0 unspecified atom stereocenters. The molecule has 0 spiro atoms. The zero-order valence-corrected chi connectivity index (χ0v) is 16.7. The fourth-order valence-corrected chi connectivity index (χ4v) is 4.01. The van der Waals surface area contributed by atoms with Crippen molar-refractivity contribution in [3.63, 3.8) is 0 Å². The molecule has 0 saturated carbocycles. The average Bonchev–Trinajstić information content (AvgIpc) is 2.81. The Morgan fingerprint density at radius 2 is 1.85 bits per heavy atom. The largest absolute Gasteiger partial charge is 0.353 e. The van der Waals surface area contributed by atoms with Crippen LogP contribution in [0.3, 0.4) is 0 Å². The number of fused-ring (bicyclic) bond motifs is 1. The number of nitrogens with zero attached hydrogens (tertiary/aromatic N) is 1. The molecule has 0 atom stereocenters. The number of amides is 3. The Kier molecular flexibility index (Phi) is 6.90. The number of carbonyl (C=O) groups is 3. The molecule has 0 radical (unpaired) electrons. The van der Waals surface area contributed by atoms with Gasteiger partial charge in [0.2, 0.25) is 15.9 Å². The van der Waals surface area contributed by atoms with Crippen LogP contribution in [0.15, 0.2) is 22.7 Å². The Morgan fingerprint density at radius 3 is 2.54 bits per heavy atom. The van der Waals surface area contributed by atoms with Crippen molar-refractivity contribution in [3.8, 4) is 0 Å². The van der Waals surface area contributed by atoms with E-state index in [1.54, 1.807) is 12.1 Å². The number of rotatable bonds is 9. The first-order chi connectivity index (χ1) is 12.2. The lowest BCUT2D eigenvalue weighted by Crippen LogP contribution is -2.42. The van der Waals surface area contributed by atoms with Crippen LogP contribution in [0.25, 0.3) is 0 Å². The summed E-state index contributed by atoms with van der Waals surface area (Å²) in [5, 5.41) is 2.50. The third kappa shape index (κ3) is 5.12. The Bertz CT molecular complexity index is 825. The number of carbonyl (C=O) groups excluding carboxylic acids is 3. The van der Waals surface area contributed by atoms with Gasteiger partial charge in [-0.3, -0.25) is 19.3 Å². The van der Waals surface area contributed by atoms with Crippen molar-refractivity contribution in [2.45, 2.75) is 19.8 Å². The summed E-state index contributed by atoms with van der Waals surface area (Å²) < 4.78 is 26.3. The van der Waals surface area contributed by atoms with E-state index in [0.717, 1.165) is 11.3 Å². The van der Waals surface area contributed by atoms with Crippen LogP contribution in [-0.2, 0) is 14.8 Å². The molecule has 2 rings (SSSR count). The summed E-state index contributed by atoms with van der Waals surface area (Å²) in [5.41, 5.74) is 0.510. The Morgan fingerprint density at radius 1 is 1.15 bits per heavy atom. The van der Waals surface area contributed by atoms with Crippen LogP contribution in [0.2, 0.25) is 0 Å². The van der Waals surface area contributed by atoms with E-state index in [0.29, 0.717) is 10.9 Å². The van der Waals surface area contributed by atoms with Crippen LogP contribution in [-0.4, -0.2) is 56.4 Å². The molecule has 10 heteroatoms. The maximum atomic E-state index is 12.3. The second-order valence-electron chi connectivity index (χ2n) is 5.80. The van der Waals surface area contributed by atoms with Gasteiger partial charge in [0.15, 0.2) is 0 Å². The molecular weight excluding hydrogens is 426 g/mol. The lowest BCUT2D eigenvalue weighted by Gasteiger charge is -2.13. The van der Waals surface area contributed by atoms with Crippen LogP contribution in [0.1, 0.15) is 40.5 Å². The van der Waals surface area contributed by atoms with E-state index in [9.17, 15) is 22.8 Å². The zero-order valence-electron chi connectivity index (χ0n) is 14.2.